The van der Waals surface area contributed by atoms with Gasteiger partial charge in [-0.15, -0.1) is 11.3 Å². The molecule has 1 aliphatic rings. The third-order valence-corrected chi connectivity index (χ3v) is 4.07. The third-order valence-electron chi connectivity index (χ3n) is 3.16. The summed E-state index contributed by atoms with van der Waals surface area (Å²) < 4.78 is 4.92. The number of hydrogen-bond donors (Lipinski definition) is 1. The minimum absolute atomic E-state index is 0.316. The van der Waals surface area contributed by atoms with Gasteiger partial charge in [-0.1, -0.05) is 12.8 Å². The highest BCUT2D eigenvalue weighted by atomic mass is 32.1. The normalized spacial score (nSPS) is 16.1. The van der Waals surface area contributed by atoms with Gasteiger partial charge in [0.05, 0.1) is 11.6 Å². The van der Waals surface area contributed by atoms with E-state index in [1.54, 1.807) is 12.3 Å². The van der Waals surface area contributed by atoms with Crippen molar-refractivity contribution in [1.29, 1.82) is 0 Å². The van der Waals surface area contributed by atoms with Crippen molar-refractivity contribution in [3.05, 3.63) is 16.1 Å². The molecule has 0 aromatic carbocycles. The molecule has 2 rings (SSSR count). The maximum absolute atomic E-state index is 11.4. The number of rotatable bonds is 6. The molecule has 0 atom stereocenters. The molecule has 1 fully saturated rings. The molecule has 1 heterocycles. The van der Waals surface area contributed by atoms with E-state index in [4.69, 9.17) is 4.74 Å². The van der Waals surface area contributed by atoms with E-state index in [1.807, 2.05) is 0 Å². The molecule has 100 valence electrons. The smallest absolute Gasteiger partial charge is 0.357 e. The zero-order valence-corrected chi connectivity index (χ0v) is 11.6. The number of aromatic nitrogens is 1. The van der Waals surface area contributed by atoms with E-state index < -0.39 is 0 Å². The second-order valence-corrected chi connectivity index (χ2v) is 5.48. The van der Waals surface area contributed by atoms with Crippen molar-refractivity contribution in [1.82, 2.24) is 10.3 Å². The average molecular weight is 268 g/mol. The quantitative estimate of drug-likeness (QED) is 0.805. The fourth-order valence-electron chi connectivity index (χ4n) is 2.24. The lowest BCUT2D eigenvalue weighted by atomic mass is 10.2. The Balaban J connectivity index is 1.74. The van der Waals surface area contributed by atoms with Crippen LogP contribution in [0.5, 0.6) is 0 Å². The molecular formula is C13H20N2O2S. The number of ether oxygens (including phenoxy) is 1. The van der Waals surface area contributed by atoms with E-state index in [-0.39, 0.29) is 5.97 Å². The van der Waals surface area contributed by atoms with Gasteiger partial charge in [-0.05, 0) is 19.8 Å². The van der Waals surface area contributed by atoms with Crippen LogP contribution in [0.2, 0.25) is 0 Å². The summed E-state index contributed by atoms with van der Waals surface area (Å²) in [5.41, 5.74) is 0.442. The standard InChI is InChI=1S/C13H20N2O2S/c1-2-17-13(16)11-9-18-12(15-11)7-8-14-10-5-3-4-6-10/h9-10,14H,2-8H2,1H3. The topological polar surface area (TPSA) is 51.2 Å². The molecular weight excluding hydrogens is 248 g/mol. The summed E-state index contributed by atoms with van der Waals surface area (Å²) in [6.07, 6.45) is 6.18. The number of hydrogen-bond acceptors (Lipinski definition) is 5. The van der Waals surface area contributed by atoms with Crippen LogP contribution in [-0.2, 0) is 11.2 Å². The lowest BCUT2D eigenvalue weighted by molar-refractivity contribution is 0.0520. The summed E-state index contributed by atoms with van der Waals surface area (Å²) in [5.74, 6) is -0.316. The highest BCUT2D eigenvalue weighted by Gasteiger charge is 2.14. The molecule has 4 nitrogen and oxygen atoms in total. The van der Waals surface area contributed by atoms with Gasteiger partial charge >= 0.3 is 5.97 Å². The molecule has 0 radical (unpaired) electrons. The van der Waals surface area contributed by atoms with Crippen molar-refractivity contribution >= 4 is 17.3 Å². The van der Waals surface area contributed by atoms with Crippen LogP contribution in [0.25, 0.3) is 0 Å². The number of esters is 1. The molecule has 1 aliphatic carbocycles. The van der Waals surface area contributed by atoms with E-state index >= 15 is 0 Å². The van der Waals surface area contributed by atoms with Gasteiger partial charge < -0.3 is 10.1 Å². The number of thiazole rings is 1. The first kappa shape index (κ1) is 13.5. The summed E-state index contributed by atoms with van der Waals surface area (Å²) >= 11 is 1.53. The van der Waals surface area contributed by atoms with Crippen LogP contribution in [0.4, 0.5) is 0 Å². The third kappa shape index (κ3) is 3.78. The first-order valence-corrected chi connectivity index (χ1v) is 7.52. The van der Waals surface area contributed by atoms with Crippen LogP contribution in [-0.4, -0.2) is 30.1 Å². The Labute approximate surface area is 112 Å². The number of nitrogens with one attached hydrogen (secondary N) is 1. The zero-order valence-electron chi connectivity index (χ0n) is 10.8. The van der Waals surface area contributed by atoms with Gasteiger partial charge in [-0.3, -0.25) is 0 Å². The van der Waals surface area contributed by atoms with E-state index in [1.165, 1.54) is 37.0 Å². The van der Waals surface area contributed by atoms with Crippen LogP contribution in [0.1, 0.15) is 48.1 Å². The van der Waals surface area contributed by atoms with Crippen molar-refractivity contribution in [3.8, 4) is 0 Å². The van der Waals surface area contributed by atoms with Crippen molar-refractivity contribution in [2.75, 3.05) is 13.2 Å². The SMILES string of the molecule is CCOC(=O)c1csc(CCNC2CCCC2)n1. The number of nitrogens with zero attached hydrogens (tertiary/aromatic N) is 1. The Bertz CT molecular complexity index is 386. The number of carbonyl (C=O) groups excluding carboxylic acids is 1. The Kier molecular flexibility index (Phi) is 5.13. The fraction of sp³-hybridized carbons (Fsp3) is 0.692. The molecule has 0 amide bonds. The summed E-state index contributed by atoms with van der Waals surface area (Å²) in [4.78, 5) is 15.7. The van der Waals surface area contributed by atoms with Crippen LogP contribution in [0, 0.1) is 0 Å². The Hall–Kier alpha value is -0.940. The van der Waals surface area contributed by atoms with Gasteiger partial charge in [-0.25, -0.2) is 9.78 Å². The largest absolute Gasteiger partial charge is 0.461 e. The van der Waals surface area contributed by atoms with Crippen molar-refractivity contribution in [2.24, 2.45) is 0 Å². The highest BCUT2D eigenvalue weighted by molar-refractivity contribution is 7.09. The van der Waals surface area contributed by atoms with Crippen molar-refractivity contribution in [2.45, 2.75) is 45.1 Å². The van der Waals surface area contributed by atoms with E-state index in [2.05, 4.69) is 10.3 Å². The molecule has 0 unspecified atom stereocenters. The van der Waals surface area contributed by atoms with E-state index in [9.17, 15) is 4.79 Å². The molecule has 18 heavy (non-hydrogen) atoms. The van der Waals surface area contributed by atoms with Crippen LogP contribution < -0.4 is 5.32 Å². The summed E-state index contributed by atoms with van der Waals surface area (Å²) in [6.45, 7) is 3.14. The minimum Gasteiger partial charge on any atom is -0.461 e. The summed E-state index contributed by atoms with van der Waals surface area (Å²) in [5, 5.41) is 6.33. The molecule has 1 saturated carbocycles. The van der Waals surface area contributed by atoms with Gasteiger partial charge in [0.15, 0.2) is 5.69 Å². The second kappa shape index (κ2) is 6.85. The maximum Gasteiger partial charge on any atom is 0.357 e. The number of carbonyl (C=O) groups is 1. The predicted octanol–water partition coefficient (Wildman–Crippen LogP) is 2.39. The molecule has 1 aromatic heterocycles. The molecule has 1 aromatic rings. The van der Waals surface area contributed by atoms with Crippen molar-refractivity contribution in [3.63, 3.8) is 0 Å². The first-order valence-electron chi connectivity index (χ1n) is 6.64. The first-order chi connectivity index (χ1) is 8.79. The van der Waals surface area contributed by atoms with E-state index in [0.717, 1.165) is 18.0 Å². The van der Waals surface area contributed by atoms with Gasteiger partial charge in [0.1, 0.15) is 0 Å². The lowest BCUT2D eigenvalue weighted by Crippen LogP contribution is -2.27. The Morgan fingerprint density at radius 2 is 2.33 bits per heavy atom. The zero-order chi connectivity index (χ0) is 12.8. The lowest BCUT2D eigenvalue weighted by Gasteiger charge is -2.10. The van der Waals surface area contributed by atoms with Crippen molar-refractivity contribution < 1.29 is 9.53 Å². The summed E-state index contributed by atoms with van der Waals surface area (Å²) in [6, 6.07) is 0.689. The molecule has 0 bridgehead atoms. The molecule has 5 heteroatoms. The Morgan fingerprint density at radius 1 is 1.56 bits per heavy atom. The van der Waals surface area contributed by atoms with E-state index in [0.29, 0.717) is 18.3 Å². The summed E-state index contributed by atoms with van der Waals surface area (Å²) in [7, 11) is 0. The van der Waals surface area contributed by atoms with Gasteiger partial charge in [-0.2, -0.15) is 0 Å². The average Bonchev–Trinajstić information content (AvgIpc) is 3.00. The predicted molar refractivity (Wildman–Crippen MR) is 72.0 cm³/mol. The molecule has 0 spiro atoms. The minimum atomic E-state index is -0.316. The fourth-order valence-corrected chi connectivity index (χ4v) is 3.01. The van der Waals surface area contributed by atoms with Gasteiger partial charge in [0.25, 0.3) is 0 Å². The van der Waals surface area contributed by atoms with Gasteiger partial charge in [0.2, 0.25) is 0 Å². The van der Waals surface area contributed by atoms with Crippen LogP contribution in [0.3, 0.4) is 0 Å². The van der Waals surface area contributed by atoms with Crippen LogP contribution >= 0.6 is 11.3 Å². The second-order valence-electron chi connectivity index (χ2n) is 4.53. The maximum atomic E-state index is 11.4. The van der Waals surface area contributed by atoms with Crippen LogP contribution in [0.15, 0.2) is 5.38 Å². The monoisotopic (exact) mass is 268 g/mol. The molecule has 0 aliphatic heterocycles. The Morgan fingerprint density at radius 3 is 3.06 bits per heavy atom. The van der Waals surface area contributed by atoms with Gasteiger partial charge in [0, 0.05) is 24.4 Å². The molecule has 0 saturated heterocycles. The highest BCUT2D eigenvalue weighted by Crippen LogP contribution is 2.17. The molecule has 1 N–H and O–H groups in total.